The van der Waals surface area contributed by atoms with E-state index in [1.54, 1.807) is 33.7 Å². The van der Waals surface area contributed by atoms with Crippen LogP contribution in [0, 0.1) is 11.8 Å². The number of nitrogens with zero attached hydrogens (tertiary/aromatic N) is 6. The summed E-state index contributed by atoms with van der Waals surface area (Å²) in [5.41, 5.74) is 3.20. The maximum atomic E-state index is 14.6. The lowest BCUT2D eigenvalue weighted by Gasteiger charge is -2.39. The predicted molar refractivity (Wildman–Crippen MR) is 136 cm³/mol. The van der Waals surface area contributed by atoms with E-state index in [1.165, 1.54) is 20.0 Å². The minimum absolute atomic E-state index is 0.0515. The molecule has 1 N–H and O–H groups in total. The molecule has 2 saturated heterocycles. The summed E-state index contributed by atoms with van der Waals surface area (Å²) in [7, 11) is 3.05. The van der Waals surface area contributed by atoms with Crippen molar-refractivity contribution in [1.82, 2.24) is 30.2 Å². The van der Waals surface area contributed by atoms with Crippen molar-refractivity contribution in [3.8, 4) is 11.4 Å². The van der Waals surface area contributed by atoms with Crippen LogP contribution in [0.4, 0.5) is 19.3 Å². The summed E-state index contributed by atoms with van der Waals surface area (Å²) in [6.45, 7) is 2.81. The second-order valence-electron chi connectivity index (χ2n) is 10.8. The van der Waals surface area contributed by atoms with Gasteiger partial charge in [0.15, 0.2) is 0 Å². The van der Waals surface area contributed by atoms with Crippen molar-refractivity contribution in [2.75, 3.05) is 31.6 Å². The van der Waals surface area contributed by atoms with Crippen LogP contribution in [0.2, 0.25) is 0 Å². The molecule has 4 heterocycles. The fourth-order valence-corrected chi connectivity index (χ4v) is 5.64. The summed E-state index contributed by atoms with van der Waals surface area (Å²) in [5, 5.41) is 11.6. The van der Waals surface area contributed by atoms with Crippen LogP contribution in [-0.4, -0.2) is 75.6 Å². The third-order valence-corrected chi connectivity index (χ3v) is 7.69. The van der Waals surface area contributed by atoms with E-state index in [0.29, 0.717) is 48.8 Å². The van der Waals surface area contributed by atoms with Crippen molar-refractivity contribution in [3.63, 3.8) is 0 Å². The molecule has 12 heteroatoms. The molecule has 1 aliphatic carbocycles. The highest BCUT2D eigenvalue weighted by Crippen LogP contribution is 2.37. The molecule has 0 unspecified atom stereocenters. The Hall–Kier alpha value is -3.31. The molecule has 2 atom stereocenters. The van der Waals surface area contributed by atoms with Gasteiger partial charge in [-0.3, -0.25) is 4.79 Å². The smallest absolute Gasteiger partial charge is 0.318 e. The van der Waals surface area contributed by atoms with Gasteiger partial charge in [0, 0.05) is 32.6 Å². The van der Waals surface area contributed by atoms with Crippen LogP contribution in [0.15, 0.2) is 12.1 Å². The number of methoxy groups -OCH3 is 1. The number of halogens is 2. The van der Waals surface area contributed by atoms with E-state index in [-0.39, 0.29) is 24.9 Å². The Morgan fingerprint density at radius 2 is 2.03 bits per heavy atom. The minimum Gasteiger partial charge on any atom is -0.469 e. The number of hydrogen-bond acceptors (Lipinski definition) is 7. The van der Waals surface area contributed by atoms with Crippen LogP contribution < -0.4 is 10.2 Å². The summed E-state index contributed by atoms with van der Waals surface area (Å²) in [4.78, 5) is 32.6. The van der Waals surface area contributed by atoms with E-state index in [4.69, 9.17) is 9.72 Å². The molecule has 2 aliphatic heterocycles. The number of carbonyl (C=O) groups excluding carboxylic acids is 2. The van der Waals surface area contributed by atoms with Gasteiger partial charge in [0.1, 0.15) is 5.69 Å². The van der Waals surface area contributed by atoms with Gasteiger partial charge in [-0.15, -0.1) is 5.10 Å². The number of amides is 2. The first-order valence-electron chi connectivity index (χ1n) is 13.3. The summed E-state index contributed by atoms with van der Waals surface area (Å²) in [6, 6.07) is 3.64. The lowest BCUT2D eigenvalue weighted by Crippen LogP contribution is -2.48. The first-order chi connectivity index (χ1) is 18.2. The molecule has 38 heavy (non-hydrogen) atoms. The number of aryl methyl sites for hydroxylation is 2. The Bertz CT molecular complexity index is 1200. The molecule has 0 radical (unpaired) electrons. The number of nitrogens with one attached hydrogen (secondary N) is 1. The second kappa shape index (κ2) is 10.5. The van der Waals surface area contributed by atoms with Gasteiger partial charge in [-0.05, 0) is 36.8 Å². The topological polar surface area (TPSA) is 105 Å². The van der Waals surface area contributed by atoms with Crippen molar-refractivity contribution >= 4 is 17.7 Å². The molecule has 0 spiro atoms. The van der Waals surface area contributed by atoms with E-state index in [9.17, 15) is 18.4 Å². The Morgan fingerprint density at radius 3 is 2.74 bits per heavy atom. The molecule has 2 aromatic rings. The van der Waals surface area contributed by atoms with Gasteiger partial charge in [0.2, 0.25) is 0 Å². The van der Waals surface area contributed by atoms with Crippen molar-refractivity contribution in [3.05, 3.63) is 23.5 Å². The van der Waals surface area contributed by atoms with Gasteiger partial charge < -0.3 is 19.9 Å². The van der Waals surface area contributed by atoms with Gasteiger partial charge in [-0.1, -0.05) is 25.0 Å². The second-order valence-corrected chi connectivity index (χ2v) is 10.8. The SMILES string of the molecule is CCc1nc(-c2nnn(C)c2CN2C[C@H](CC3CC3)NC2=O)ccc1N1C[C@@H](CC(=O)OC)CC(F)(F)C1. The van der Waals surface area contributed by atoms with Crippen molar-refractivity contribution in [2.24, 2.45) is 18.9 Å². The molecular weight excluding hydrogens is 496 g/mol. The number of aromatic nitrogens is 4. The quantitative estimate of drug-likeness (QED) is 0.496. The van der Waals surface area contributed by atoms with Crippen LogP contribution >= 0.6 is 0 Å². The van der Waals surface area contributed by atoms with E-state index in [2.05, 4.69) is 15.6 Å². The largest absolute Gasteiger partial charge is 0.469 e. The maximum Gasteiger partial charge on any atom is 0.318 e. The van der Waals surface area contributed by atoms with Crippen molar-refractivity contribution in [1.29, 1.82) is 0 Å². The number of urea groups is 1. The molecule has 206 valence electrons. The zero-order valence-electron chi connectivity index (χ0n) is 22.1. The van der Waals surface area contributed by atoms with Crippen LogP contribution in [0.25, 0.3) is 11.4 Å². The lowest BCUT2D eigenvalue weighted by molar-refractivity contribution is -0.142. The number of carbonyl (C=O) groups is 2. The first-order valence-corrected chi connectivity index (χ1v) is 13.3. The first kappa shape index (κ1) is 26.3. The van der Waals surface area contributed by atoms with Crippen molar-refractivity contribution < 1.29 is 23.1 Å². The molecule has 2 amide bonds. The number of piperidine rings is 1. The number of rotatable bonds is 9. The standard InChI is InChI=1S/C26H35F2N7O3/c1-4-19-21(35-12-17(10-23(36)38-3)11-26(27,28)15-35)8-7-20(30-19)24-22(33(2)32-31-24)14-34-13-18(29-25(34)37)9-16-5-6-16/h7-8,16-18H,4-6,9-15H2,1-3H3,(H,29,37)/t17-,18-/m0/s1. The number of ether oxygens (including phenoxy) is 1. The number of pyridine rings is 1. The third kappa shape index (κ3) is 5.73. The van der Waals surface area contributed by atoms with Crippen LogP contribution in [-0.2, 0) is 29.5 Å². The van der Waals surface area contributed by atoms with E-state index in [1.807, 2.05) is 6.92 Å². The minimum atomic E-state index is -2.92. The Labute approximate surface area is 220 Å². The molecule has 2 aromatic heterocycles. The van der Waals surface area contributed by atoms with Gasteiger partial charge in [-0.2, -0.15) is 0 Å². The highest BCUT2D eigenvalue weighted by atomic mass is 19.3. The van der Waals surface area contributed by atoms with Crippen molar-refractivity contribution in [2.45, 2.75) is 64.0 Å². The van der Waals surface area contributed by atoms with Crippen LogP contribution in [0.1, 0.15) is 50.4 Å². The van der Waals surface area contributed by atoms with Crippen LogP contribution in [0.5, 0.6) is 0 Å². The monoisotopic (exact) mass is 531 g/mol. The molecule has 10 nitrogen and oxygen atoms in total. The summed E-state index contributed by atoms with van der Waals surface area (Å²) >= 11 is 0. The van der Waals surface area contributed by atoms with E-state index >= 15 is 0 Å². The highest BCUT2D eigenvalue weighted by Gasteiger charge is 2.42. The molecule has 5 rings (SSSR count). The fraction of sp³-hybridized carbons (Fsp3) is 0.654. The summed E-state index contributed by atoms with van der Waals surface area (Å²) in [5.74, 6) is -3.21. The number of esters is 1. The average molecular weight is 532 g/mol. The van der Waals surface area contributed by atoms with E-state index < -0.39 is 24.4 Å². The van der Waals surface area contributed by atoms with Gasteiger partial charge >= 0.3 is 12.0 Å². The maximum absolute atomic E-state index is 14.6. The Kier molecular flexibility index (Phi) is 7.23. The fourth-order valence-electron chi connectivity index (χ4n) is 5.64. The normalized spacial score (nSPS) is 23.0. The predicted octanol–water partition coefficient (Wildman–Crippen LogP) is 3.16. The molecule has 0 aromatic carbocycles. The Morgan fingerprint density at radius 1 is 1.24 bits per heavy atom. The van der Waals surface area contributed by atoms with E-state index in [0.717, 1.165) is 18.0 Å². The Balaban J connectivity index is 1.36. The zero-order valence-corrected chi connectivity index (χ0v) is 22.1. The van der Waals surface area contributed by atoms with Crippen LogP contribution in [0.3, 0.4) is 0 Å². The zero-order chi connectivity index (χ0) is 27.0. The van der Waals surface area contributed by atoms with Gasteiger partial charge in [0.05, 0.1) is 49.4 Å². The molecule has 0 bridgehead atoms. The third-order valence-electron chi connectivity index (χ3n) is 7.69. The number of hydrogen-bond donors (Lipinski definition) is 1. The molecule has 3 aliphatic rings. The molecular formula is C26H35F2N7O3. The van der Waals surface area contributed by atoms with Gasteiger partial charge in [-0.25, -0.2) is 23.2 Å². The number of alkyl halides is 2. The summed E-state index contributed by atoms with van der Waals surface area (Å²) < 4.78 is 35.6. The highest BCUT2D eigenvalue weighted by molar-refractivity contribution is 5.77. The summed E-state index contributed by atoms with van der Waals surface area (Å²) in [6.07, 6.45) is 3.62. The average Bonchev–Trinajstić information content (AvgIpc) is 3.52. The molecule has 1 saturated carbocycles. The number of anilines is 1. The molecule has 3 fully saturated rings. The van der Waals surface area contributed by atoms with Gasteiger partial charge in [0.25, 0.3) is 5.92 Å². The lowest BCUT2D eigenvalue weighted by atomic mass is 9.91.